The van der Waals surface area contributed by atoms with Gasteiger partial charge in [0.25, 0.3) is 11.5 Å². The molecule has 1 aromatic heterocycles. The van der Waals surface area contributed by atoms with Gasteiger partial charge in [-0.15, -0.1) is 0 Å². The quantitative estimate of drug-likeness (QED) is 0.139. The molecule has 0 spiro atoms. The second-order valence-corrected chi connectivity index (χ2v) is 11.8. The van der Waals surface area contributed by atoms with Gasteiger partial charge in [-0.05, 0) is 42.8 Å². The predicted octanol–water partition coefficient (Wildman–Crippen LogP) is 6.34. The van der Waals surface area contributed by atoms with Crippen molar-refractivity contribution in [2.75, 3.05) is 11.9 Å². The molecule has 0 unspecified atom stereocenters. The Hall–Kier alpha value is -3.90. The first kappa shape index (κ1) is 29.1. The van der Waals surface area contributed by atoms with Gasteiger partial charge in [-0.3, -0.25) is 19.7 Å². The molecule has 1 N–H and O–H groups in total. The summed E-state index contributed by atoms with van der Waals surface area (Å²) < 4.78 is 7.96. The number of aromatic nitrogens is 2. The van der Waals surface area contributed by atoms with Crippen LogP contribution in [0.3, 0.4) is 0 Å². The van der Waals surface area contributed by atoms with E-state index in [4.69, 9.17) is 4.74 Å². The van der Waals surface area contributed by atoms with Crippen molar-refractivity contribution in [1.29, 1.82) is 0 Å². The Labute approximate surface area is 246 Å². The van der Waals surface area contributed by atoms with Crippen molar-refractivity contribution in [1.82, 2.24) is 9.66 Å². The second kappa shape index (κ2) is 11.7. The van der Waals surface area contributed by atoms with Gasteiger partial charge in [-0.1, -0.05) is 70.8 Å². The Morgan fingerprint density at radius 1 is 1.15 bits per heavy atom. The van der Waals surface area contributed by atoms with E-state index in [1.54, 1.807) is 36.4 Å². The monoisotopic (exact) mass is 669 g/mol. The number of carbonyl (C=O) groups is 1. The normalized spacial score (nSPS) is 11.7. The number of carbonyl (C=O) groups excluding carboxylic acids is 1. The number of para-hydroxylation sites is 1. The molecule has 10 nitrogen and oxygen atoms in total. The van der Waals surface area contributed by atoms with Crippen LogP contribution in [0, 0.1) is 17.0 Å². The van der Waals surface area contributed by atoms with E-state index in [9.17, 15) is 19.7 Å². The highest BCUT2D eigenvalue weighted by Crippen LogP contribution is 2.34. The van der Waals surface area contributed by atoms with Crippen LogP contribution < -0.4 is 15.6 Å². The van der Waals surface area contributed by atoms with E-state index in [-0.39, 0.29) is 17.0 Å². The van der Waals surface area contributed by atoms with E-state index in [1.807, 2.05) is 39.8 Å². The third kappa shape index (κ3) is 6.45. The summed E-state index contributed by atoms with van der Waals surface area (Å²) in [5, 5.41) is 19.4. The maximum absolute atomic E-state index is 13.5. The number of aryl methyl sites for hydroxylation is 1. The molecular formula is C28H25Br2N5O5. The zero-order chi connectivity index (χ0) is 29.2. The lowest BCUT2D eigenvalue weighted by Crippen LogP contribution is -2.29. The summed E-state index contributed by atoms with van der Waals surface area (Å²) >= 11 is 6.67. The Balaban J connectivity index is 1.76. The average molecular weight is 671 g/mol. The number of nitro groups is 1. The number of nitro benzene ring substituents is 1. The van der Waals surface area contributed by atoms with E-state index >= 15 is 0 Å². The SMILES string of the molecule is Cc1ccccc1NC(=O)COc1c(C=Nn2c(C(C)(C)C)nc3ccc(Br)cc3c2=O)cc(Br)cc1[N+](=O)[O-]. The maximum Gasteiger partial charge on any atom is 0.312 e. The summed E-state index contributed by atoms with van der Waals surface area (Å²) in [4.78, 5) is 42.1. The van der Waals surface area contributed by atoms with Gasteiger partial charge < -0.3 is 10.1 Å². The van der Waals surface area contributed by atoms with E-state index < -0.39 is 28.4 Å². The molecule has 0 atom stereocenters. The van der Waals surface area contributed by atoms with Gasteiger partial charge in [0.2, 0.25) is 5.75 Å². The third-order valence-electron chi connectivity index (χ3n) is 5.82. The van der Waals surface area contributed by atoms with Gasteiger partial charge in [0.1, 0.15) is 5.82 Å². The van der Waals surface area contributed by atoms with Crippen LogP contribution in [0.4, 0.5) is 11.4 Å². The number of rotatable bonds is 7. The number of fused-ring (bicyclic) bond motifs is 1. The number of nitrogens with one attached hydrogen (secondary N) is 1. The fourth-order valence-corrected chi connectivity index (χ4v) is 4.71. The summed E-state index contributed by atoms with van der Waals surface area (Å²) in [7, 11) is 0. The van der Waals surface area contributed by atoms with Gasteiger partial charge in [0.15, 0.2) is 6.61 Å². The minimum atomic E-state index is -0.613. The number of benzene rings is 3. The van der Waals surface area contributed by atoms with Crippen LogP contribution in [0.1, 0.15) is 37.7 Å². The first-order chi connectivity index (χ1) is 18.8. The molecule has 206 valence electrons. The number of hydrogen-bond acceptors (Lipinski definition) is 7. The lowest BCUT2D eigenvalue weighted by molar-refractivity contribution is -0.385. The van der Waals surface area contributed by atoms with Crippen LogP contribution in [0.15, 0.2) is 73.4 Å². The number of nitrogens with zero attached hydrogens (tertiary/aromatic N) is 4. The molecule has 0 fully saturated rings. The highest BCUT2D eigenvalue weighted by Gasteiger charge is 2.24. The zero-order valence-corrected chi connectivity index (χ0v) is 25.2. The molecule has 0 aliphatic heterocycles. The van der Waals surface area contributed by atoms with Crippen molar-refractivity contribution in [3.63, 3.8) is 0 Å². The smallest absolute Gasteiger partial charge is 0.312 e. The molecule has 40 heavy (non-hydrogen) atoms. The maximum atomic E-state index is 13.5. The summed E-state index contributed by atoms with van der Waals surface area (Å²) in [6.45, 7) is 7.06. The number of ether oxygens (including phenoxy) is 1. The highest BCUT2D eigenvalue weighted by atomic mass is 79.9. The summed E-state index contributed by atoms with van der Waals surface area (Å²) in [6, 6.07) is 15.3. The second-order valence-electron chi connectivity index (χ2n) is 9.96. The van der Waals surface area contributed by atoms with Crippen molar-refractivity contribution in [3.8, 4) is 5.75 Å². The van der Waals surface area contributed by atoms with Crippen LogP contribution in [0.25, 0.3) is 10.9 Å². The minimum Gasteiger partial charge on any atom is -0.476 e. The fraction of sp³-hybridized carbons (Fsp3) is 0.214. The van der Waals surface area contributed by atoms with Crippen LogP contribution in [0.2, 0.25) is 0 Å². The molecule has 12 heteroatoms. The predicted molar refractivity (Wildman–Crippen MR) is 161 cm³/mol. The molecule has 0 bridgehead atoms. The molecule has 0 radical (unpaired) electrons. The van der Waals surface area contributed by atoms with Crippen molar-refractivity contribution < 1.29 is 14.5 Å². The van der Waals surface area contributed by atoms with Crippen LogP contribution in [-0.4, -0.2) is 33.3 Å². The van der Waals surface area contributed by atoms with Gasteiger partial charge in [0, 0.05) is 31.7 Å². The number of hydrogen-bond donors (Lipinski definition) is 1. The van der Waals surface area contributed by atoms with Crippen LogP contribution in [-0.2, 0) is 10.2 Å². The molecule has 0 saturated carbocycles. The van der Waals surface area contributed by atoms with E-state index in [2.05, 4.69) is 47.3 Å². The Morgan fingerprint density at radius 2 is 1.88 bits per heavy atom. The van der Waals surface area contributed by atoms with E-state index in [0.29, 0.717) is 31.4 Å². The summed E-state index contributed by atoms with van der Waals surface area (Å²) in [5.41, 5.74) is 0.827. The third-order valence-corrected chi connectivity index (χ3v) is 6.77. The van der Waals surface area contributed by atoms with Crippen molar-refractivity contribution in [2.45, 2.75) is 33.1 Å². The number of anilines is 1. The molecule has 1 heterocycles. The molecule has 4 aromatic rings. The molecule has 0 aliphatic carbocycles. The average Bonchev–Trinajstić information content (AvgIpc) is 2.88. The Kier molecular flexibility index (Phi) is 8.50. The molecule has 0 saturated heterocycles. The van der Waals surface area contributed by atoms with Crippen LogP contribution >= 0.6 is 31.9 Å². The minimum absolute atomic E-state index is 0.168. The van der Waals surface area contributed by atoms with Gasteiger partial charge in [0.05, 0.1) is 22.0 Å². The Bertz CT molecular complexity index is 1730. The molecular weight excluding hydrogens is 646 g/mol. The first-order valence-electron chi connectivity index (χ1n) is 12.1. The van der Waals surface area contributed by atoms with Gasteiger partial charge in [-0.2, -0.15) is 9.78 Å². The van der Waals surface area contributed by atoms with Crippen molar-refractivity contribution in [3.05, 3.63) is 101 Å². The van der Waals surface area contributed by atoms with E-state index in [0.717, 1.165) is 5.56 Å². The lowest BCUT2D eigenvalue weighted by Gasteiger charge is -2.21. The van der Waals surface area contributed by atoms with Crippen LogP contribution in [0.5, 0.6) is 5.75 Å². The largest absolute Gasteiger partial charge is 0.476 e. The molecule has 0 aliphatic rings. The van der Waals surface area contributed by atoms with Gasteiger partial charge in [-0.25, -0.2) is 4.98 Å². The fourth-order valence-electron chi connectivity index (χ4n) is 3.89. The van der Waals surface area contributed by atoms with Crippen molar-refractivity contribution >= 4 is 66.3 Å². The Morgan fingerprint density at radius 3 is 2.55 bits per heavy atom. The number of amides is 1. The summed E-state index contributed by atoms with van der Waals surface area (Å²) in [5.74, 6) is -0.267. The first-order valence-corrected chi connectivity index (χ1v) is 13.7. The lowest BCUT2D eigenvalue weighted by atomic mass is 9.95. The molecule has 3 aromatic carbocycles. The number of halogens is 2. The standard InChI is InChI=1S/C28H25Br2N5O5/c1-16-7-5-6-8-21(16)32-24(36)15-40-25-17(11-19(30)13-23(25)35(38)39)14-31-34-26(37)20-12-18(29)9-10-22(20)33-27(34)28(2,3)4/h5-14H,15H2,1-4H3,(H,32,36). The van der Waals surface area contributed by atoms with E-state index in [1.165, 1.54) is 17.0 Å². The summed E-state index contributed by atoms with van der Waals surface area (Å²) in [6.07, 6.45) is 1.29. The molecule has 4 rings (SSSR count). The zero-order valence-electron chi connectivity index (χ0n) is 22.1. The molecule has 1 amide bonds. The van der Waals surface area contributed by atoms with Gasteiger partial charge >= 0.3 is 5.69 Å². The highest BCUT2D eigenvalue weighted by molar-refractivity contribution is 9.10. The van der Waals surface area contributed by atoms with Crippen molar-refractivity contribution in [2.24, 2.45) is 5.10 Å². The topological polar surface area (TPSA) is 129 Å².